The molecule has 4 nitrogen and oxygen atoms in total. The average Bonchev–Trinajstić information content (AvgIpc) is 2.83. The predicted octanol–water partition coefficient (Wildman–Crippen LogP) is 4.16. The van der Waals surface area contributed by atoms with Crippen LogP contribution in [0, 0.1) is 24.2 Å². The van der Waals surface area contributed by atoms with Crippen molar-refractivity contribution in [1.29, 1.82) is 0 Å². The summed E-state index contributed by atoms with van der Waals surface area (Å²) in [5, 5.41) is 2.00. The van der Waals surface area contributed by atoms with Crippen LogP contribution in [-0.2, 0) is 21.2 Å². The number of thiophene rings is 1. The van der Waals surface area contributed by atoms with Gasteiger partial charge in [0.2, 0.25) is 5.91 Å². The highest BCUT2D eigenvalue weighted by Crippen LogP contribution is 2.60. The number of carbonyl (C=O) groups is 1. The highest BCUT2D eigenvalue weighted by atomic mass is 35.5. The van der Waals surface area contributed by atoms with Gasteiger partial charge in [-0.3, -0.25) is 4.79 Å². The van der Waals surface area contributed by atoms with E-state index in [0.717, 1.165) is 10.4 Å². The third-order valence-electron chi connectivity index (χ3n) is 5.70. The maximum Gasteiger partial charge on any atom is 0.227 e. The van der Waals surface area contributed by atoms with Gasteiger partial charge < -0.3 is 4.90 Å². The monoisotopic (exact) mass is 435 g/mol. The van der Waals surface area contributed by atoms with Gasteiger partial charge in [-0.15, -0.1) is 11.3 Å². The number of sulfone groups is 1. The van der Waals surface area contributed by atoms with Crippen LogP contribution in [0.4, 0.5) is 0 Å². The summed E-state index contributed by atoms with van der Waals surface area (Å²) in [4.78, 5) is 16.3. The zero-order valence-electron chi connectivity index (χ0n) is 15.0. The molecule has 2 fully saturated rings. The second-order valence-corrected chi connectivity index (χ2v) is 12.1. The molecule has 0 unspecified atom stereocenters. The summed E-state index contributed by atoms with van der Waals surface area (Å²) in [5.41, 5.74) is 0.899. The molecular formula is C18H23Cl2NO3S2. The Bertz CT molecular complexity index is 840. The molecule has 8 heteroatoms. The summed E-state index contributed by atoms with van der Waals surface area (Å²) in [6.07, 6.45) is 2.23. The highest BCUT2D eigenvalue weighted by molar-refractivity contribution is 7.91. The maximum atomic E-state index is 13.4. The summed E-state index contributed by atoms with van der Waals surface area (Å²) in [6.45, 7) is 6.51. The van der Waals surface area contributed by atoms with E-state index >= 15 is 0 Å². The summed E-state index contributed by atoms with van der Waals surface area (Å²) < 4.78 is 24.1. The van der Waals surface area contributed by atoms with Crippen LogP contribution in [0.1, 0.15) is 30.7 Å². The van der Waals surface area contributed by atoms with Crippen molar-refractivity contribution in [2.75, 3.05) is 11.5 Å². The number of hydrogen-bond donors (Lipinski definition) is 0. The molecule has 0 N–H and O–H groups in total. The Hall–Kier alpha value is -0.560. The van der Waals surface area contributed by atoms with Crippen LogP contribution in [0.15, 0.2) is 22.0 Å². The topological polar surface area (TPSA) is 54.5 Å². The Labute approximate surface area is 169 Å². The van der Waals surface area contributed by atoms with Gasteiger partial charge in [-0.05, 0) is 47.8 Å². The zero-order valence-corrected chi connectivity index (χ0v) is 18.2. The molecule has 1 saturated carbocycles. The molecule has 1 saturated heterocycles. The lowest BCUT2D eigenvalue weighted by molar-refractivity contribution is -0.136. The fourth-order valence-electron chi connectivity index (χ4n) is 3.90. The first-order valence-electron chi connectivity index (χ1n) is 8.59. The number of rotatable bonds is 5. The minimum Gasteiger partial charge on any atom is -0.333 e. The van der Waals surface area contributed by atoms with E-state index in [4.69, 9.17) is 23.2 Å². The van der Waals surface area contributed by atoms with Gasteiger partial charge in [-0.1, -0.05) is 37.0 Å². The summed E-state index contributed by atoms with van der Waals surface area (Å²) >= 11 is 13.2. The van der Waals surface area contributed by atoms with Crippen molar-refractivity contribution in [3.8, 4) is 0 Å². The van der Waals surface area contributed by atoms with Crippen LogP contribution in [-0.4, -0.2) is 36.8 Å². The molecule has 0 aromatic carbocycles. The van der Waals surface area contributed by atoms with E-state index in [2.05, 4.69) is 0 Å². The average molecular weight is 436 g/mol. The molecule has 26 heavy (non-hydrogen) atoms. The second kappa shape index (κ2) is 7.12. The highest BCUT2D eigenvalue weighted by Gasteiger charge is 2.62. The lowest BCUT2D eigenvalue weighted by atomic mass is 10.1. The van der Waals surface area contributed by atoms with Crippen LogP contribution in [0.3, 0.4) is 0 Å². The van der Waals surface area contributed by atoms with E-state index in [1.807, 2.05) is 32.2 Å². The van der Waals surface area contributed by atoms with Crippen molar-refractivity contribution in [3.05, 3.63) is 32.5 Å². The molecule has 1 aliphatic heterocycles. The third kappa shape index (κ3) is 3.98. The molecule has 2 heterocycles. The van der Waals surface area contributed by atoms with Gasteiger partial charge >= 0.3 is 0 Å². The number of hydrogen-bond acceptors (Lipinski definition) is 4. The first-order chi connectivity index (χ1) is 12.0. The molecule has 1 aliphatic carbocycles. The van der Waals surface area contributed by atoms with E-state index in [-0.39, 0.29) is 45.2 Å². The minimum atomic E-state index is -3.07. The standard InChI is InChI=1S/C18H23Cl2NO3S2/c1-11-4-6-25-14(11)9-21(12-5-7-26(23,24)10-12)17(22)16-13(8-15(19)20)18(16,2)3/h4,6,8,12-13,16H,5,7,9-10H2,1-3H3/t12-,13+,16-/m0/s1. The van der Waals surface area contributed by atoms with E-state index in [1.165, 1.54) is 0 Å². The molecule has 0 spiro atoms. The number of amides is 1. The quantitative estimate of drug-likeness (QED) is 0.697. The molecule has 0 bridgehead atoms. The van der Waals surface area contributed by atoms with E-state index in [0.29, 0.717) is 13.0 Å². The molecule has 2 aliphatic rings. The largest absolute Gasteiger partial charge is 0.333 e. The molecule has 1 aromatic heterocycles. The van der Waals surface area contributed by atoms with Gasteiger partial charge in [0.1, 0.15) is 4.49 Å². The van der Waals surface area contributed by atoms with Crippen LogP contribution in [0.25, 0.3) is 0 Å². The Morgan fingerprint density at radius 1 is 1.42 bits per heavy atom. The summed E-state index contributed by atoms with van der Waals surface area (Å²) in [6, 6.07) is 1.76. The van der Waals surface area contributed by atoms with Gasteiger partial charge in [0.25, 0.3) is 0 Å². The lowest BCUT2D eigenvalue weighted by Gasteiger charge is -2.29. The molecule has 1 aromatic rings. The van der Waals surface area contributed by atoms with Gasteiger partial charge in [0.05, 0.1) is 24.0 Å². The van der Waals surface area contributed by atoms with Crippen LogP contribution >= 0.6 is 34.5 Å². The second-order valence-electron chi connectivity index (χ2n) is 7.83. The SMILES string of the molecule is Cc1ccsc1CN(C(=O)[C@@H]1[C@@H](C=C(Cl)Cl)C1(C)C)[C@H]1CCS(=O)(=O)C1. The van der Waals surface area contributed by atoms with Crippen LogP contribution in [0.5, 0.6) is 0 Å². The van der Waals surface area contributed by atoms with E-state index < -0.39 is 9.84 Å². The zero-order chi connectivity index (χ0) is 19.3. The Morgan fingerprint density at radius 2 is 2.12 bits per heavy atom. The molecular weight excluding hydrogens is 413 g/mol. The number of aryl methyl sites for hydroxylation is 1. The van der Waals surface area contributed by atoms with Crippen molar-refractivity contribution >= 4 is 50.3 Å². The molecule has 3 atom stereocenters. The van der Waals surface area contributed by atoms with E-state index in [1.54, 1.807) is 22.3 Å². The van der Waals surface area contributed by atoms with Gasteiger partial charge in [0, 0.05) is 10.9 Å². The molecule has 3 rings (SSSR count). The Balaban J connectivity index is 1.87. The fraction of sp³-hybridized carbons (Fsp3) is 0.611. The first-order valence-corrected chi connectivity index (χ1v) is 12.1. The Kier molecular flexibility index (Phi) is 5.52. The number of carbonyl (C=O) groups excluding carboxylic acids is 1. The molecule has 144 valence electrons. The van der Waals surface area contributed by atoms with Gasteiger partial charge in [0.15, 0.2) is 9.84 Å². The number of nitrogens with zero attached hydrogens (tertiary/aromatic N) is 1. The van der Waals surface area contributed by atoms with Gasteiger partial charge in [-0.25, -0.2) is 8.42 Å². The predicted molar refractivity (Wildman–Crippen MR) is 107 cm³/mol. The molecule has 0 radical (unpaired) electrons. The maximum absolute atomic E-state index is 13.4. The molecule has 1 amide bonds. The van der Waals surface area contributed by atoms with Crippen molar-refractivity contribution in [3.63, 3.8) is 0 Å². The van der Waals surface area contributed by atoms with Crippen molar-refractivity contribution < 1.29 is 13.2 Å². The Morgan fingerprint density at radius 3 is 2.62 bits per heavy atom. The van der Waals surface area contributed by atoms with E-state index in [9.17, 15) is 13.2 Å². The third-order valence-corrected chi connectivity index (χ3v) is 8.71. The summed E-state index contributed by atoms with van der Waals surface area (Å²) in [7, 11) is -3.07. The van der Waals surface area contributed by atoms with Crippen molar-refractivity contribution in [2.45, 2.75) is 39.8 Å². The minimum absolute atomic E-state index is 0.000679. The van der Waals surface area contributed by atoms with Crippen LogP contribution in [0.2, 0.25) is 0 Å². The lowest BCUT2D eigenvalue weighted by Crippen LogP contribution is -2.42. The first kappa shape index (κ1) is 20.2. The number of halogens is 2. The van der Waals surface area contributed by atoms with Crippen molar-refractivity contribution in [1.82, 2.24) is 4.90 Å². The smallest absolute Gasteiger partial charge is 0.227 e. The van der Waals surface area contributed by atoms with Crippen molar-refractivity contribution in [2.24, 2.45) is 17.3 Å². The van der Waals surface area contributed by atoms with Crippen LogP contribution < -0.4 is 0 Å². The normalized spacial score (nSPS) is 28.6. The summed E-state index contributed by atoms with van der Waals surface area (Å²) in [5.74, 6) is -0.0488. The van der Waals surface area contributed by atoms with Gasteiger partial charge in [-0.2, -0.15) is 0 Å². The fourth-order valence-corrected chi connectivity index (χ4v) is 6.81. The number of allylic oxidation sites excluding steroid dienone is 1.